The van der Waals surface area contributed by atoms with Crippen molar-refractivity contribution in [1.82, 2.24) is 10.3 Å². The minimum absolute atomic E-state index is 0.143. The van der Waals surface area contributed by atoms with E-state index in [1.165, 1.54) is 17.0 Å². The summed E-state index contributed by atoms with van der Waals surface area (Å²) in [5.41, 5.74) is 1.59. The summed E-state index contributed by atoms with van der Waals surface area (Å²) in [4.78, 5) is 30.2. The fraction of sp³-hybridized carbons (Fsp3) is 0.350. The highest BCUT2D eigenvalue weighted by Gasteiger charge is 2.35. The monoisotopic (exact) mass is 370 g/mol. The van der Waals surface area contributed by atoms with Crippen molar-refractivity contribution in [2.75, 3.05) is 29.9 Å². The van der Waals surface area contributed by atoms with E-state index >= 15 is 0 Å². The lowest BCUT2D eigenvalue weighted by atomic mass is 10.1. The van der Waals surface area contributed by atoms with Crippen molar-refractivity contribution in [1.29, 1.82) is 0 Å². The number of amides is 2. The first-order valence-corrected chi connectivity index (χ1v) is 9.03. The zero-order chi connectivity index (χ0) is 19.2. The van der Waals surface area contributed by atoms with E-state index in [2.05, 4.69) is 15.6 Å². The number of aromatic nitrogens is 1. The van der Waals surface area contributed by atoms with Crippen molar-refractivity contribution in [3.63, 3.8) is 0 Å². The van der Waals surface area contributed by atoms with Gasteiger partial charge in [0.15, 0.2) is 0 Å². The van der Waals surface area contributed by atoms with Gasteiger partial charge in [-0.3, -0.25) is 9.59 Å². The summed E-state index contributed by atoms with van der Waals surface area (Å²) < 4.78 is 13.4. The number of hydrogen-bond donors (Lipinski definition) is 2. The first-order chi connectivity index (χ1) is 13.0. The normalized spacial score (nSPS) is 16.4. The molecule has 0 radical (unpaired) electrons. The van der Waals surface area contributed by atoms with E-state index in [-0.39, 0.29) is 24.8 Å². The fourth-order valence-corrected chi connectivity index (χ4v) is 3.01. The summed E-state index contributed by atoms with van der Waals surface area (Å²) in [5.74, 6) is -0.307. The third kappa shape index (κ3) is 5.03. The molecule has 0 saturated carbocycles. The van der Waals surface area contributed by atoms with Gasteiger partial charge in [0.05, 0.1) is 5.92 Å². The van der Waals surface area contributed by atoms with Crippen LogP contribution in [0.15, 0.2) is 42.6 Å². The number of benzene rings is 1. The largest absolute Gasteiger partial charge is 0.370 e. The smallest absolute Gasteiger partial charge is 0.227 e. The van der Waals surface area contributed by atoms with Crippen LogP contribution in [-0.4, -0.2) is 36.4 Å². The Labute approximate surface area is 157 Å². The average molecular weight is 370 g/mol. The summed E-state index contributed by atoms with van der Waals surface area (Å²) in [6.45, 7) is 3.47. The quantitative estimate of drug-likeness (QED) is 0.735. The number of hydrogen-bond acceptors (Lipinski definition) is 4. The Morgan fingerprint density at radius 2 is 2.15 bits per heavy atom. The standard InChI is InChI=1S/C20H23FN4O2/c1-14-6-7-18(24-12-14)22-8-3-9-23-20(27)15-10-19(26)25(13-15)17-5-2-4-16(21)11-17/h2,4-7,11-12,15H,3,8-10,13H2,1H3,(H,22,24)(H,23,27). The van der Waals surface area contributed by atoms with Gasteiger partial charge in [0.25, 0.3) is 0 Å². The first-order valence-electron chi connectivity index (χ1n) is 9.03. The van der Waals surface area contributed by atoms with Crippen LogP contribution in [0.25, 0.3) is 0 Å². The molecule has 142 valence electrons. The zero-order valence-corrected chi connectivity index (χ0v) is 15.2. The van der Waals surface area contributed by atoms with Crippen molar-refractivity contribution in [2.45, 2.75) is 19.8 Å². The maximum absolute atomic E-state index is 13.4. The number of anilines is 2. The third-order valence-corrected chi connectivity index (χ3v) is 4.49. The molecule has 0 bridgehead atoms. The SMILES string of the molecule is Cc1ccc(NCCCNC(=O)C2CC(=O)N(c3cccc(F)c3)C2)nc1. The molecule has 6 nitrogen and oxygen atoms in total. The Bertz CT molecular complexity index is 810. The summed E-state index contributed by atoms with van der Waals surface area (Å²) in [7, 11) is 0. The molecule has 2 heterocycles. The molecule has 2 aromatic rings. The average Bonchev–Trinajstić information content (AvgIpc) is 3.05. The number of nitrogens with one attached hydrogen (secondary N) is 2. The van der Waals surface area contributed by atoms with Crippen LogP contribution in [0.1, 0.15) is 18.4 Å². The third-order valence-electron chi connectivity index (χ3n) is 4.49. The number of rotatable bonds is 7. The van der Waals surface area contributed by atoms with Crippen molar-refractivity contribution in [3.8, 4) is 0 Å². The second-order valence-corrected chi connectivity index (χ2v) is 6.68. The van der Waals surface area contributed by atoms with Gasteiger partial charge in [0, 0.05) is 37.9 Å². The fourth-order valence-electron chi connectivity index (χ4n) is 3.01. The van der Waals surface area contributed by atoms with E-state index in [1.54, 1.807) is 18.3 Å². The highest BCUT2D eigenvalue weighted by atomic mass is 19.1. The van der Waals surface area contributed by atoms with E-state index in [9.17, 15) is 14.0 Å². The lowest BCUT2D eigenvalue weighted by Crippen LogP contribution is -2.34. The minimum atomic E-state index is -0.410. The molecule has 1 aromatic heterocycles. The summed E-state index contributed by atoms with van der Waals surface area (Å²) in [5, 5.41) is 6.07. The molecule has 2 amide bonds. The van der Waals surface area contributed by atoms with Gasteiger partial charge in [-0.15, -0.1) is 0 Å². The van der Waals surface area contributed by atoms with E-state index in [0.29, 0.717) is 18.8 Å². The molecular formula is C20H23FN4O2. The van der Waals surface area contributed by atoms with Crippen LogP contribution < -0.4 is 15.5 Å². The van der Waals surface area contributed by atoms with Crippen LogP contribution in [0, 0.1) is 18.7 Å². The molecule has 1 aliphatic heterocycles. The number of pyridine rings is 1. The van der Waals surface area contributed by atoms with E-state index in [1.807, 2.05) is 19.1 Å². The van der Waals surface area contributed by atoms with Crippen molar-refractivity contribution >= 4 is 23.3 Å². The second-order valence-electron chi connectivity index (χ2n) is 6.68. The molecule has 1 atom stereocenters. The number of nitrogens with zero attached hydrogens (tertiary/aromatic N) is 2. The Balaban J connectivity index is 1.41. The molecule has 0 aliphatic carbocycles. The van der Waals surface area contributed by atoms with Crippen LogP contribution in [0.4, 0.5) is 15.9 Å². The van der Waals surface area contributed by atoms with Gasteiger partial charge in [0.1, 0.15) is 11.6 Å². The second kappa shape index (κ2) is 8.62. The molecule has 1 unspecified atom stereocenters. The molecule has 1 fully saturated rings. The Morgan fingerprint density at radius 3 is 2.89 bits per heavy atom. The maximum atomic E-state index is 13.4. The van der Waals surface area contributed by atoms with Crippen molar-refractivity contribution in [3.05, 3.63) is 54.0 Å². The van der Waals surface area contributed by atoms with E-state index < -0.39 is 11.7 Å². The van der Waals surface area contributed by atoms with Gasteiger partial charge >= 0.3 is 0 Å². The predicted octanol–water partition coefficient (Wildman–Crippen LogP) is 2.50. The lowest BCUT2D eigenvalue weighted by Gasteiger charge is -2.16. The minimum Gasteiger partial charge on any atom is -0.370 e. The highest BCUT2D eigenvalue weighted by molar-refractivity contribution is 6.00. The Morgan fingerprint density at radius 1 is 1.30 bits per heavy atom. The molecule has 7 heteroatoms. The van der Waals surface area contributed by atoms with E-state index in [4.69, 9.17) is 0 Å². The predicted molar refractivity (Wildman–Crippen MR) is 102 cm³/mol. The first kappa shape index (κ1) is 18.8. The Kier molecular flexibility index (Phi) is 6.01. The lowest BCUT2D eigenvalue weighted by molar-refractivity contribution is -0.126. The highest BCUT2D eigenvalue weighted by Crippen LogP contribution is 2.25. The van der Waals surface area contributed by atoms with Gasteiger partial charge in [0.2, 0.25) is 11.8 Å². The number of carbonyl (C=O) groups is 2. The topological polar surface area (TPSA) is 74.3 Å². The molecular weight excluding hydrogens is 347 g/mol. The number of halogens is 1. The van der Waals surface area contributed by atoms with Gasteiger partial charge < -0.3 is 15.5 Å². The van der Waals surface area contributed by atoms with Gasteiger partial charge in [-0.25, -0.2) is 9.37 Å². The van der Waals surface area contributed by atoms with Gasteiger partial charge in [-0.1, -0.05) is 12.1 Å². The molecule has 1 saturated heterocycles. The van der Waals surface area contributed by atoms with Crippen LogP contribution >= 0.6 is 0 Å². The summed E-state index contributed by atoms with van der Waals surface area (Å²) in [6.07, 6.45) is 2.69. The molecule has 2 N–H and O–H groups in total. The summed E-state index contributed by atoms with van der Waals surface area (Å²) >= 11 is 0. The van der Waals surface area contributed by atoms with Crippen LogP contribution in [0.2, 0.25) is 0 Å². The van der Waals surface area contributed by atoms with Crippen LogP contribution in [-0.2, 0) is 9.59 Å². The maximum Gasteiger partial charge on any atom is 0.227 e. The Hall–Kier alpha value is -2.96. The molecule has 0 spiro atoms. The van der Waals surface area contributed by atoms with Gasteiger partial charge in [-0.05, 0) is 43.2 Å². The zero-order valence-electron chi connectivity index (χ0n) is 15.2. The number of carbonyl (C=O) groups excluding carboxylic acids is 2. The molecule has 27 heavy (non-hydrogen) atoms. The van der Waals surface area contributed by atoms with Crippen molar-refractivity contribution in [2.24, 2.45) is 5.92 Å². The van der Waals surface area contributed by atoms with Crippen LogP contribution in [0.3, 0.4) is 0 Å². The summed E-state index contributed by atoms with van der Waals surface area (Å²) in [6, 6.07) is 9.77. The van der Waals surface area contributed by atoms with E-state index in [0.717, 1.165) is 17.8 Å². The molecule has 1 aliphatic rings. The molecule has 1 aromatic carbocycles. The van der Waals surface area contributed by atoms with Gasteiger partial charge in [-0.2, -0.15) is 0 Å². The molecule has 3 rings (SSSR count). The number of aryl methyl sites for hydroxylation is 1. The van der Waals surface area contributed by atoms with Crippen molar-refractivity contribution < 1.29 is 14.0 Å². The van der Waals surface area contributed by atoms with Crippen LogP contribution in [0.5, 0.6) is 0 Å².